The van der Waals surface area contributed by atoms with Crippen LogP contribution in [0.5, 0.6) is 0 Å². The van der Waals surface area contributed by atoms with Crippen LogP contribution in [0.25, 0.3) is 0 Å². The smallest absolute Gasteiger partial charge is 0.253 e. The van der Waals surface area contributed by atoms with Crippen molar-refractivity contribution in [2.75, 3.05) is 0 Å². The van der Waals surface area contributed by atoms with Gasteiger partial charge >= 0.3 is 0 Å². The Morgan fingerprint density at radius 3 is 1.33 bits per heavy atom. The zero-order chi connectivity index (χ0) is 10.2. The summed E-state index contributed by atoms with van der Waals surface area (Å²) >= 11 is 0. The molecule has 1 N–H and O–H groups in total. The summed E-state index contributed by atoms with van der Waals surface area (Å²) in [6.07, 6.45) is -1.67. The topological polar surface area (TPSA) is 88.5 Å². The van der Waals surface area contributed by atoms with E-state index in [1.54, 1.807) is 0 Å². The van der Waals surface area contributed by atoms with E-state index in [9.17, 15) is 16.8 Å². The van der Waals surface area contributed by atoms with E-state index in [2.05, 4.69) is 0 Å². The van der Waals surface area contributed by atoms with Crippen LogP contribution in [0.15, 0.2) is 0 Å². The van der Waals surface area contributed by atoms with Crippen LogP contribution in [0, 0.1) is 0 Å². The molecule has 0 aromatic carbocycles. The third kappa shape index (κ3) is 3.44. The van der Waals surface area contributed by atoms with Gasteiger partial charge in [-0.1, -0.05) is 0 Å². The SMILES string of the molecule is CC(O)C(S(=O)(=O)Cl)S(=O)(=O)Cl. The van der Waals surface area contributed by atoms with Gasteiger partial charge in [0, 0.05) is 21.4 Å². The molecule has 0 aromatic rings. The molecule has 5 nitrogen and oxygen atoms in total. The zero-order valence-corrected chi connectivity index (χ0v) is 8.95. The van der Waals surface area contributed by atoms with Crippen molar-refractivity contribution in [2.24, 2.45) is 0 Å². The first-order valence-corrected chi connectivity index (χ1v) is 7.36. The molecule has 1 atom stereocenters. The average molecular weight is 257 g/mol. The summed E-state index contributed by atoms with van der Waals surface area (Å²) in [7, 11) is 0.616. The molecule has 0 spiro atoms. The minimum Gasteiger partial charge on any atom is -0.391 e. The van der Waals surface area contributed by atoms with Gasteiger partial charge in [0.1, 0.15) is 0 Å². The number of aliphatic hydroxyl groups is 1. The van der Waals surface area contributed by atoms with Gasteiger partial charge in [0.2, 0.25) is 4.58 Å². The summed E-state index contributed by atoms with van der Waals surface area (Å²) in [6, 6.07) is 0. The van der Waals surface area contributed by atoms with Gasteiger partial charge in [-0.25, -0.2) is 16.8 Å². The van der Waals surface area contributed by atoms with Crippen LogP contribution in [-0.2, 0) is 18.1 Å². The average Bonchev–Trinajstić information content (AvgIpc) is 1.49. The van der Waals surface area contributed by atoms with Gasteiger partial charge in [0.05, 0.1) is 6.10 Å². The Morgan fingerprint density at radius 1 is 1.08 bits per heavy atom. The maximum absolute atomic E-state index is 10.6. The molecule has 74 valence electrons. The monoisotopic (exact) mass is 256 g/mol. The molecule has 0 saturated heterocycles. The van der Waals surface area contributed by atoms with Gasteiger partial charge in [-0.3, -0.25) is 0 Å². The lowest BCUT2D eigenvalue weighted by atomic mass is 10.5. The van der Waals surface area contributed by atoms with E-state index in [1.807, 2.05) is 0 Å². The summed E-state index contributed by atoms with van der Waals surface area (Å²) in [5, 5.41) is 8.76. The maximum Gasteiger partial charge on any atom is 0.253 e. The fraction of sp³-hybridized carbons (Fsp3) is 1.00. The van der Waals surface area contributed by atoms with Gasteiger partial charge in [0.15, 0.2) is 0 Å². The number of hydrogen-bond acceptors (Lipinski definition) is 5. The quantitative estimate of drug-likeness (QED) is 0.709. The highest BCUT2D eigenvalue weighted by Crippen LogP contribution is 2.21. The molecule has 0 fully saturated rings. The minimum absolute atomic E-state index is 0.963. The molecule has 0 amide bonds. The van der Waals surface area contributed by atoms with E-state index >= 15 is 0 Å². The standard InChI is InChI=1S/C3H6Cl2O5S2/c1-2(6)3(11(4,7)8)12(5,9)10/h2-3,6H,1H3. The second-order valence-corrected chi connectivity index (χ2v) is 7.86. The van der Waals surface area contributed by atoms with Crippen molar-refractivity contribution in [3.63, 3.8) is 0 Å². The molecule has 0 aliphatic heterocycles. The largest absolute Gasteiger partial charge is 0.391 e. The molecule has 1 unspecified atom stereocenters. The number of aliphatic hydroxyl groups excluding tert-OH is 1. The van der Waals surface area contributed by atoms with Crippen molar-refractivity contribution in [1.29, 1.82) is 0 Å². The highest BCUT2D eigenvalue weighted by molar-refractivity contribution is 8.29. The molecule has 0 heterocycles. The maximum atomic E-state index is 10.6. The summed E-state index contributed by atoms with van der Waals surface area (Å²) in [6.45, 7) is 0.963. The Bertz CT molecular complexity index is 309. The molecule has 12 heavy (non-hydrogen) atoms. The van der Waals surface area contributed by atoms with E-state index in [0.717, 1.165) is 6.92 Å². The summed E-state index contributed by atoms with van der Waals surface area (Å²) in [5.74, 6) is 0. The van der Waals surface area contributed by atoms with Crippen molar-refractivity contribution in [3.05, 3.63) is 0 Å². The zero-order valence-electron chi connectivity index (χ0n) is 5.81. The van der Waals surface area contributed by atoms with Crippen LogP contribution in [-0.4, -0.2) is 32.6 Å². The summed E-state index contributed by atoms with van der Waals surface area (Å²) < 4.78 is 40.1. The number of hydrogen-bond donors (Lipinski definition) is 1. The second kappa shape index (κ2) is 3.67. The van der Waals surface area contributed by atoms with Crippen molar-refractivity contribution in [2.45, 2.75) is 17.6 Å². The predicted molar refractivity (Wildman–Crippen MR) is 45.0 cm³/mol. The number of rotatable bonds is 3. The predicted octanol–water partition coefficient (Wildman–Crippen LogP) is -0.169. The van der Waals surface area contributed by atoms with E-state index in [1.165, 1.54) is 0 Å². The number of halogens is 2. The molecule has 0 rings (SSSR count). The Hall–Kier alpha value is 0.440. The molecule has 9 heteroatoms. The first-order valence-electron chi connectivity index (χ1n) is 2.62. The van der Waals surface area contributed by atoms with Gasteiger partial charge in [-0.2, -0.15) is 0 Å². The second-order valence-electron chi connectivity index (χ2n) is 2.06. The van der Waals surface area contributed by atoms with Gasteiger partial charge in [0.25, 0.3) is 18.1 Å². The lowest BCUT2D eigenvalue weighted by Gasteiger charge is -2.11. The first kappa shape index (κ1) is 12.4. The highest BCUT2D eigenvalue weighted by Gasteiger charge is 2.39. The van der Waals surface area contributed by atoms with Crippen molar-refractivity contribution < 1.29 is 21.9 Å². The highest BCUT2D eigenvalue weighted by atomic mass is 35.7. The van der Waals surface area contributed by atoms with E-state index < -0.39 is 28.8 Å². The molecule has 0 bridgehead atoms. The van der Waals surface area contributed by atoms with Crippen molar-refractivity contribution >= 4 is 39.5 Å². The molecule has 0 saturated carbocycles. The minimum atomic E-state index is -4.42. The third-order valence-electron chi connectivity index (χ3n) is 0.949. The van der Waals surface area contributed by atoms with E-state index in [4.69, 9.17) is 26.5 Å². The van der Waals surface area contributed by atoms with Crippen molar-refractivity contribution in [3.8, 4) is 0 Å². The normalized spacial score (nSPS) is 16.4. The van der Waals surface area contributed by atoms with Gasteiger partial charge in [-0.15, -0.1) is 0 Å². The fourth-order valence-electron chi connectivity index (χ4n) is 0.608. The fourth-order valence-corrected chi connectivity index (χ4v) is 5.60. The van der Waals surface area contributed by atoms with Gasteiger partial charge in [-0.05, 0) is 6.92 Å². The molecular weight excluding hydrogens is 251 g/mol. The molecular formula is C3H6Cl2O5S2. The molecule has 0 aliphatic carbocycles. The summed E-state index contributed by atoms with van der Waals surface area (Å²) in [4.78, 5) is 0. The van der Waals surface area contributed by atoms with Crippen LogP contribution in [0.4, 0.5) is 0 Å². The molecule has 0 aromatic heterocycles. The van der Waals surface area contributed by atoms with Crippen LogP contribution < -0.4 is 0 Å². The van der Waals surface area contributed by atoms with Crippen LogP contribution in [0.1, 0.15) is 6.92 Å². The Kier molecular flexibility index (Phi) is 3.80. The Morgan fingerprint density at radius 2 is 1.33 bits per heavy atom. The van der Waals surface area contributed by atoms with E-state index in [-0.39, 0.29) is 0 Å². The van der Waals surface area contributed by atoms with Crippen molar-refractivity contribution in [1.82, 2.24) is 0 Å². The molecule has 0 radical (unpaired) electrons. The van der Waals surface area contributed by atoms with Crippen LogP contribution in [0.3, 0.4) is 0 Å². The Balaban J connectivity index is 5.26. The lowest BCUT2D eigenvalue weighted by Crippen LogP contribution is -2.34. The molecule has 0 aliphatic rings. The Labute approximate surface area is 79.1 Å². The third-order valence-corrected chi connectivity index (χ3v) is 6.15. The van der Waals surface area contributed by atoms with E-state index in [0.29, 0.717) is 0 Å². The van der Waals surface area contributed by atoms with Crippen LogP contribution in [0.2, 0.25) is 0 Å². The van der Waals surface area contributed by atoms with Crippen LogP contribution >= 0.6 is 21.4 Å². The lowest BCUT2D eigenvalue weighted by molar-refractivity contribution is 0.208. The summed E-state index contributed by atoms with van der Waals surface area (Å²) in [5.41, 5.74) is 0. The first-order chi connectivity index (χ1) is 5.07. The van der Waals surface area contributed by atoms with Gasteiger partial charge < -0.3 is 5.11 Å².